The molecule has 1 saturated heterocycles. The number of amides is 1. The molecule has 0 radical (unpaired) electrons. The van der Waals surface area contributed by atoms with Gasteiger partial charge in [0.25, 0.3) is 5.91 Å². The molecule has 1 fully saturated rings. The van der Waals surface area contributed by atoms with Gasteiger partial charge in [-0.3, -0.25) is 4.79 Å². The molecular weight excluding hydrogens is 378 g/mol. The first kappa shape index (κ1) is 22.6. The maximum Gasteiger partial charge on any atom is 0.278 e. The quantitative estimate of drug-likeness (QED) is 0.510. The second-order valence-corrected chi connectivity index (χ2v) is 8.65. The molecule has 3 N–H and O–H groups in total. The Bertz CT molecular complexity index is 726. The van der Waals surface area contributed by atoms with Crippen LogP contribution in [0.25, 0.3) is 0 Å². The van der Waals surface area contributed by atoms with Crippen molar-refractivity contribution in [3.63, 3.8) is 0 Å². The van der Waals surface area contributed by atoms with Gasteiger partial charge in [0.2, 0.25) is 0 Å². The van der Waals surface area contributed by atoms with Crippen LogP contribution in [0.4, 0.5) is 0 Å². The zero-order chi connectivity index (χ0) is 21.3. The highest BCUT2D eigenvalue weighted by atomic mass is 16.5. The topological polar surface area (TPSA) is 56.4 Å². The van der Waals surface area contributed by atoms with Crippen LogP contribution in [-0.2, 0) is 11.3 Å². The van der Waals surface area contributed by atoms with E-state index in [9.17, 15) is 4.79 Å². The smallest absolute Gasteiger partial charge is 0.278 e. The molecule has 0 bridgehead atoms. The molecule has 0 aromatic heterocycles. The molecule has 1 aliphatic heterocycles. The minimum atomic E-state index is 0.0213. The Kier molecular flexibility index (Phi) is 8.58. The second-order valence-electron chi connectivity index (χ2n) is 8.65. The van der Waals surface area contributed by atoms with Crippen LogP contribution < -0.4 is 24.6 Å². The number of carbonyl (C=O) groups is 1. The van der Waals surface area contributed by atoms with Crippen LogP contribution in [-0.4, -0.2) is 58.9 Å². The first-order valence-electron chi connectivity index (χ1n) is 11.5. The van der Waals surface area contributed by atoms with E-state index in [2.05, 4.69) is 30.4 Å². The van der Waals surface area contributed by atoms with E-state index in [0.717, 1.165) is 57.2 Å². The summed E-state index contributed by atoms with van der Waals surface area (Å²) in [6, 6.07) is 6.19. The molecule has 1 amide bonds. The van der Waals surface area contributed by atoms with Gasteiger partial charge >= 0.3 is 0 Å². The van der Waals surface area contributed by atoms with Crippen molar-refractivity contribution in [2.24, 2.45) is 0 Å². The summed E-state index contributed by atoms with van der Waals surface area (Å²) >= 11 is 0. The number of allylic oxidation sites excluding steroid dienone is 1. The minimum Gasteiger partial charge on any atom is -0.493 e. The van der Waals surface area contributed by atoms with E-state index in [-0.39, 0.29) is 11.9 Å². The predicted octanol–water partition coefficient (Wildman–Crippen LogP) is 0.382. The van der Waals surface area contributed by atoms with Crippen LogP contribution in [0.1, 0.15) is 44.6 Å². The van der Waals surface area contributed by atoms with Gasteiger partial charge in [0, 0.05) is 12.1 Å². The molecule has 2 aliphatic rings. The lowest BCUT2D eigenvalue weighted by Crippen LogP contribution is -3.29. The number of piperazine rings is 1. The highest BCUT2D eigenvalue weighted by Crippen LogP contribution is 2.27. The second kappa shape index (κ2) is 11.4. The van der Waals surface area contributed by atoms with Crippen LogP contribution in [0, 0.1) is 0 Å². The molecule has 0 unspecified atom stereocenters. The summed E-state index contributed by atoms with van der Waals surface area (Å²) in [5, 5.41) is 3.17. The molecule has 0 saturated carbocycles. The molecule has 30 heavy (non-hydrogen) atoms. The number of hydrogen-bond donors (Lipinski definition) is 3. The Morgan fingerprint density at radius 3 is 2.53 bits per heavy atom. The normalized spacial score (nSPS) is 22.7. The fourth-order valence-corrected chi connectivity index (χ4v) is 4.63. The maximum atomic E-state index is 12.6. The summed E-state index contributed by atoms with van der Waals surface area (Å²) in [4.78, 5) is 15.6. The van der Waals surface area contributed by atoms with Crippen LogP contribution in [0.15, 0.2) is 29.8 Å². The molecule has 1 atom stereocenters. The van der Waals surface area contributed by atoms with E-state index in [1.807, 2.05) is 6.07 Å². The molecule has 6 nitrogen and oxygen atoms in total. The Labute approximate surface area is 181 Å². The average Bonchev–Trinajstić information content (AvgIpc) is 2.79. The van der Waals surface area contributed by atoms with E-state index in [0.29, 0.717) is 0 Å². The lowest BCUT2D eigenvalue weighted by molar-refractivity contribution is -1.02. The van der Waals surface area contributed by atoms with Crippen molar-refractivity contribution in [2.75, 3.05) is 46.9 Å². The maximum absolute atomic E-state index is 12.6. The van der Waals surface area contributed by atoms with Crippen molar-refractivity contribution in [3.05, 3.63) is 35.4 Å². The van der Waals surface area contributed by atoms with Gasteiger partial charge in [-0.2, -0.15) is 0 Å². The van der Waals surface area contributed by atoms with Gasteiger partial charge in [-0.15, -0.1) is 0 Å². The number of methoxy groups -OCH3 is 2. The standard InChI is InChI=1S/C24H37N3O3/c1-19(24(28)25-12-11-20-7-5-4-6-8-20)27-15-13-26(14-16-27)18-21-9-10-22(29-2)23(17-21)30-3/h7,9-10,17,19H,4-6,8,11-16,18H2,1-3H3,(H,25,28)/p+2/t19-/m0/s1. The van der Waals surface area contributed by atoms with Crippen LogP contribution >= 0.6 is 0 Å². The van der Waals surface area contributed by atoms with Crippen LogP contribution in [0.3, 0.4) is 0 Å². The molecule has 1 aliphatic carbocycles. The van der Waals surface area contributed by atoms with E-state index < -0.39 is 0 Å². The molecule has 0 spiro atoms. The lowest BCUT2D eigenvalue weighted by atomic mass is 9.97. The summed E-state index contributed by atoms with van der Waals surface area (Å²) in [6.45, 7) is 8.04. The van der Waals surface area contributed by atoms with Gasteiger partial charge in [-0.1, -0.05) is 11.6 Å². The summed E-state index contributed by atoms with van der Waals surface area (Å²) in [7, 11) is 3.34. The summed E-state index contributed by atoms with van der Waals surface area (Å²) in [5.41, 5.74) is 2.78. The lowest BCUT2D eigenvalue weighted by Gasteiger charge is -2.32. The van der Waals surface area contributed by atoms with Gasteiger partial charge in [0.1, 0.15) is 32.7 Å². The fourth-order valence-electron chi connectivity index (χ4n) is 4.63. The number of benzene rings is 1. The van der Waals surface area contributed by atoms with Crippen LogP contribution in [0.5, 0.6) is 11.5 Å². The van der Waals surface area contributed by atoms with Gasteiger partial charge in [0.15, 0.2) is 17.5 Å². The van der Waals surface area contributed by atoms with Gasteiger partial charge in [0.05, 0.1) is 14.2 Å². The number of quaternary nitrogens is 2. The van der Waals surface area contributed by atoms with E-state index in [4.69, 9.17) is 9.47 Å². The Morgan fingerprint density at radius 1 is 1.10 bits per heavy atom. The highest BCUT2D eigenvalue weighted by Gasteiger charge is 2.31. The van der Waals surface area contributed by atoms with Crippen molar-refractivity contribution >= 4 is 5.91 Å². The van der Waals surface area contributed by atoms with Crippen molar-refractivity contribution in [1.82, 2.24) is 5.32 Å². The number of nitrogens with one attached hydrogen (secondary N) is 3. The number of rotatable bonds is 9. The third kappa shape index (κ3) is 6.22. The molecule has 1 aromatic carbocycles. The van der Waals surface area contributed by atoms with Crippen molar-refractivity contribution in [3.8, 4) is 11.5 Å². The number of carbonyl (C=O) groups excluding carboxylic acids is 1. The monoisotopic (exact) mass is 417 g/mol. The Morgan fingerprint density at radius 2 is 1.87 bits per heavy atom. The average molecular weight is 418 g/mol. The SMILES string of the molecule is COc1ccc(C[NH+]2CC[NH+]([C@@H](C)C(=O)NCCC3=CCCCC3)CC2)cc1OC. The summed E-state index contributed by atoms with van der Waals surface area (Å²) < 4.78 is 10.8. The number of hydrogen-bond acceptors (Lipinski definition) is 3. The summed E-state index contributed by atoms with van der Waals surface area (Å²) in [6.07, 6.45) is 8.41. The largest absolute Gasteiger partial charge is 0.493 e. The van der Waals surface area contributed by atoms with Crippen molar-refractivity contribution < 1.29 is 24.1 Å². The molecule has 6 heteroatoms. The van der Waals surface area contributed by atoms with Gasteiger partial charge in [-0.25, -0.2) is 0 Å². The van der Waals surface area contributed by atoms with Crippen molar-refractivity contribution in [1.29, 1.82) is 0 Å². The predicted molar refractivity (Wildman–Crippen MR) is 118 cm³/mol. The molecule has 166 valence electrons. The van der Waals surface area contributed by atoms with Gasteiger partial charge in [-0.05, 0) is 57.2 Å². The van der Waals surface area contributed by atoms with E-state index in [1.165, 1.54) is 41.7 Å². The Balaban J connectivity index is 1.40. The molecule has 1 aromatic rings. The highest BCUT2D eigenvalue weighted by molar-refractivity contribution is 5.79. The number of ether oxygens (including phenoxy) is 2. The molecule has 3 rings (SSSR count). The van der Waals surface area contributed by atoms with Gasteiger partial charge < -0.3 is 24.6 Å². The summed E-state index contributed by atoms with van der Waals surface area (Å²) in [5.74, 6) is 1.75. The first-order valence-corrected chi connectivity index (χ1v) is 11.5. The Hall–Kier alpha value is -2.05. The van der Waals surface area contributed by atoms with E-state index >= 15 is 0 Å². The fraction of sp³-hybridized carbons (Fsp3) is 0.625. The third-order valence-electron chi connectivity index (χ3n) is 6.64. The molecule has 1 heterocycles. The third-order valence-corrected chi connectivity index (χ3v) is 6.64. The zero-order valence-corrected chi connectivity index (χ0v) is 18.9. The zero-order valence-electron chi connectivity index (χ0n) is 18.9. The van der Waals surface area contributed by atoms with E-state index in [1.54, 1.807) is 19.1 Å². The minimum absolute atomic E-state index is 0.0213. The van der Waals surface area contributed by atoms with Crippen molar-refractivity contribution in [2.45, 2.75) is 51.6 Å². The first-order chi connectivity index (χ1) is 14.6. The van der Waals surface area contributed by atoms with Crippen LogP contribution in [0.2, 0.25) is 0 Å². The molecular formula is C24H39N3O3+2.